The second kappa shape index (κ2) is 4.42. The maximum atomic E-state index is 12.0. The summed E-state index contributed by atoms with van der Waals surface area (Å²) >= 11 is 7.92. The molecule has 3 nitrogen and oxygen atoms in total. The van der Waals surface area contributed by atoms with E-state index in [2.05, 4.69) is 4.98 Å². The van der Waals surface area contributed by atoms with Crippen molar-refractivity contribution in [2.24, 2.45) is 0 Å². The molecule has 3 rings (SSSR count). The molecule has 0 saturated carbocycles. The Labute approximate surface area is 108 Å². The second-order valence-electron chi connectivity index (χ2n) is 4.33. The van der Waals surface area contributed by atoms with Gasteiger partial charge in [0, 0.05) is 16.8 Å². The van der Waals surface area contributed by atoms with Crippen LogP contribution in [0.1, 0.15) is 18.9 Å². The fourth-order valence-electron chi connectivity index (χ4n) is 2.38. The van der Waals surface area contributed by atoms with Crippen molar-refractivity contribution >= 4 is 34.4 Å². The first kappa shape index (κ1) is 11.2. The first-order chi connectivity index (χ1) is 8.25. The van der Waals surface area contributed by atoms with Crippen LogP contribution in [0.4, 0.5) is 0 Å². The zero-order chi connectivity index (χ0) is 11.8. The number of aromatic amines is 1. The predicted octanol–water partition coefficient (Wildman–Crippen LogP) is 3.05. The number of imidazole rings is 1. The van der Waals surface area contributed by atoms with E-state index in [1.54, 1.807) is 6.07 Å². The zero-order valence-corrected chi connectivity index (χ0v) is 10.9. The summed E-state index contributed by atoms with van der Waals surface area (Å²) in [5.74, 6) is 2.22. The molecule has 0 aliphatic carbocycles. The van der Waals surface area contributed by atoms with Gasteiger partial charge in [-0.15, -0.1) is 0 Å². The number of thioether (sulfide) groups is 1. The smallest absolute Gasteiger partial charge is 0.306 e. The molecule has 5 heteroatoms. The second-order valence-corrected chi connectivity index (χ2v) is 5.92. The minimum absolute atomic E-state index is 0.0187. The highest BCUT2D eigenvalue weighted by molar-refractivity contribution is 7.99. The summed E-state index contributed by atoms with van der Waals surface area (Å²) in [6.45, 7) is 0. The van der Waals surface area contributed by atoms with Gasteiger partial charge in [-0.3, -0.25) is 4.57 Å². The highest BCUT2D eigenvalue weighted by Gasteiger charge is 2.20. The van der Waals surface area contributed by atoms with Crippen molar-refractivity contribution in [3.8, 4) is 0 Å². The molecule has 2 heterocycles. The van der Waals surface area contributed by atoms with Gasteiger partial charge >= 0.3 is 5.69 Å². The molecular formula is C12H13ClN2OS. The molecule has 0 spiro atoms. The summed E-state index contributed by atoms with van der Waals surface area (Å²) in [7, 11) is 0. The van der Waals surface area contributed by atoms with Gasteiger partial charge in [0.15, 0.2) is 0 Å². The average Bonchev–Trinajstić information content (AvgIpc) is 2.65. The molecule has 90 valence electrons. The number of halogens is 1. The third-order valence-electron chi connectivity index (χ3n) is 3.18. The lowest BCUT2D eigenvalue weighted by atomic mass is 10.2. The lowest BCUT2D eigenvalue weighted by Gasteiger charge is -2.22. The standard InChI is InChI=1S/C12H13ClN2OS/c13-8-3-4-10-11(6-8)15(12(16)14-10)9-2-1-5-17-7-9/h3-4,6,9H,1-2,5,7H2,(H,14,16). The van der Waals surface area contributed by atoms with Crippen LogP contribution in [0.5, 0.6) is 0 Å². The molecule has 1 aliphatic heterocycles. The number of nitrogens with one attached hydrogen (secondary N) is 1. The van der Waals surface area contributed by atoms with Crippen LogP contribution in [0.25, 0.3) is 11.0 Å². The number of benzene rings is 1. The molecule has 0 amide bonds. The number of hydrogen-bond acceptors (Lipinski definition) is 2. The van der Waals surface area contributed by atoms with E-state index in [1.807, 2.05) is 28.5 Å². The average molecular weight is 269 g/mol. The molecule has 0 bridgehead atoms. The van der Waals surface area contributed by atoms with Crippen LogP contribution in [-0.4, -0.2) is 21.1 Å². The van der Waals surface area contributed by atoms with Crippen LogP contribution in [0.2, 0.25) is 5.02 Å². The van der Waals surface area contributed by atoms with E-state index in [0.29, 0.717) is 11.1 Å². The molecule has 1 unspecified atom stereocenters. The minimum Gasteiger partial charge on any atom is -0.306 e. The lowest BCUT2D eigenvalue weighted by molar-refractivity contribution is 0.499. The van der Waals surface area contributed by atoms with Crippen molar-refractivity contribution in [1.82, 2.24) is 9.55 Å². The molecular weight excluding hydrogens is 256 g/mol. The Morgan fingerprint density at radius 1 is 1.47 bits per heavy atom. The summed E-state index contributed by atoms with van der Waals surface area (Å²) < 4.78 is 1.87. The molecule has 1 aromatic heterocycles. The Hall–Kier alpha value is -0.870. The number of fused-ring (bicyclic) bond motifs is 1. The maximum absolute atomic E-state index is 12.0. The molecule has 1 aromatic carbocycles. The number of nitrogens with zero attached hydrogens (tertiary/aromatic N) is 1. The molecule has 1 N–H and O–H groups in total. The number of aromatic nitrogens is 2. The third-order valence-corrected chi connectivity index (χ3v) is 4.61. The largest absolute Gasteiger partial charge is 0.326 e. The Morgan fingerprint density at radius 2 is 2.35 bits per heavy atom. The molecule has 1 aliphatic rings. The first-order valence-electron chi connectivity index (χ1n) is 5.73. The highest BCUT2D eigenvalue weighted by atomic mass is 35.5. The number of hydrogen-bond donors (Lipinski definition) is 1. The maximum Gasteiger partial charge on any atom is 0.326 e. The SMILES string of the molecule is O=c1[nH]c2ccc(Cl)cc2n1C1CCCSC1. The van der Waals surface area contributed by atoms with Crippen molar-refractivity contribution in [3.63, 3.8) is 0 Å². The van der Waals surface area contributed by atoms with E-state index >= 15 is 0 Å². The number of rotatable bonds is 1. The van der Waals surface area contributed by atoms with E-state index in [-0.39, 0.29) is 5.69 Å². The van der Waals surface area contributed by atoms with Crippen molar-refractivity contribution in [1.29, 1.82) is 0 Å². The van der Waals surface area contributed by atoms with Gasteiger partial charge in [0.05, 0.1) is 11.0 Å². The van der Waals surface area contributed by atoms with Gasteiger partial charge < -0.3 is 4.98 Å². The molecule has 1 saturated heterocycles. The predicted molar refractivity (Wildman–Crippen MR) is 73.2 cm³/mol. The summed E-state index contributed by atoms with van der Waals surface area (Å²) in [4.78, 5) is 14.9. The van der Waals surface area contributed by atoms with Gasteiger partial charge in [0.25, 0.3) is 0 Å². The van der Waals surface area contributed by atoms with Crippen LogP contribution >= 0.6 is 23.4 Å². The van der Waals surface area contributed by atoms with E-state index in [0.717, 1.165) is 23.2 Å². The number of H-pyrrole nitrogens is 1. The van der Waals surface area contributed by atoms with E-state index < -0.39 is 0 Å². The topological polar surface area (TPSA) is 37.8 Å². The molecule has 2 aromatic rings. The molecule has 17 heavy (non-hydrogen) atoms. The first-order valence-corrected chi connectivity index (χ1v) is 7.26. The summed E-state index contributed by atoms with van der Waals surface area (Å²) in [6, 6.07) is 5.84. The van der Waals surface area contributed by atoms with Gasteiger partial charge in [-0.05, 0) is 36.8 Å². The molecule has 1 atom stereocenters. The van der Waals surface area contributed by atoms with E-state index in [9.17, 15) is 4.79 Å². The lowest BCUT2D eigenvalue weighted by Crippen LogP contribution is -2.25. The van der Waals surface area contributed by atoms with Crippen LogP contribution in [0.3, 0.4) is 0 Å². The van der Waals surface area contributed by atoms with Crippen molar-refractivity contribution in [3.05, 3.63) is 33.7 Å². The van der Waals surface area contributed by atoms with Gasteiger partial charge in [0.1, 0.15) is 0 Å². The van der Waals surface area contributed by atoms with Gasteiger partial charge in [-0.25, -0.2) is 4.79 Å². The normalized spacial score (nSPS) is 20.9. The fraction of sp³-hybridized carbons (Fsp3) is 0.417. The molecule has 0 radical (unpaired) electrons. The van der Waals surface area contributed by atoms with Gasteiger partial charge in [-0.2, -0.15) is 11.8 Å². The Bertz CT molecular complexity index is 598. The van der Waals surface area contributed by atoms with Crippen LogP contribution in [-0.2, 0) is 0 Å². The van der Waals surface area contributed by atoms with Crippen LogP contribution in [0, 0.1) is 0 Å². The highest BCUT2D eigenvalue weighted by Crippen LogP contribution is 2.28. The monoisotopic (exact) mass is 268 g/mol. The van der Waals surface area contributed by atoms with Gasteiger partial charge in [0.2, 0.25) is 0 Å². The van der Waals surface area contributed by atoms with Crippen LogP contribution < -0.4 is 5.69 Å². The quantitative estimate of drug-likeness (QED) is 0.863. The van der Waals surface area contributed by atoms with Crippen molar-refractivity contribution in [2.45, 2.75) is 18.9 Å². The minimum atomic E-state index is -0.0187. The van der Waals surface area contributed by atoms with E-state index in [1.165, 1.54) is 12.2 Å². The Kier molecular flexibility index (Phi) is 2.92. The van der Waals surface area contributed by atoms with Crippen LogP contribution in [0.15, 0.2) is 23.0 Å². The summed E-state index contributed by atoms with van der Waals surface area (Å²) in [6.07, 6.45) is 2.25. The van der Waals surface area contributed by atoms with Crippen molar-refractivity contribution < 1.29 is 0 Å². The Morgan fingerprint density at radius 3 is 3.12 bits per heavy atom. The third kappa shape index (κ3) is 2.00. The summed E-state index contributed by atoms with van der Waals surface area (Å²) in [5, 5.41) is 0.675. The van der Waals surface area contributed by atoms with Gasteiger partial charge in [-0.1, -0.05) is 11.6 Å². The fourth-order valence-corrected chi connectivity index (χ4v) is 3.68. The zero-order valence-electron chi connectivity index (χ0n) is 9.28. The molecule has 1 fully saturated rings. The van der Waals surface area contributed by atoms with Crippen molar-refractivity contribution in [2.75, 3.05) is 11.5 Å². The Balaban J connectivity index is 2.16. The van der Waals surface area contributed by atoms with E-state index in [4.69, 9.17) is 11.6 Å². The summed E-state index contributed by atoms with van der Waals surface area (Å²) in [5.41, 5.74) is 1.78.